The van der Waals surface area contributed by atoms with E-state index in [4.69, 9.17) is 22.3 Å². The Kier molecular flexibility index (Phi) is 5.79. The minimum absolute atomic E-state index is 0.158. The van der Waals surface area contributed by atoms with E-state index >= 15 is 0 Å². The monoisotopic (exact) mass is 352 g/mol. The van der Waals surface area contributed by atoms with E-state index in [2.05, 4.69) is 0 Å². The molecule has 0 bridgehead atoms. The Labute approximate surface area is 152 Å². The molecular formula is C21H21ClN2O. The normalized spacial score (nSPS) is 11.0. The van der Waals surface area contributed by atoms with E-state index in [-0.39, 0.29) is 5.78 Å². The van der Waals surface area contributed by atoms with Crippen LogP contribution in [0, 0.1) is 0 Å². The molecule has 0 radical (unpaired) electrons. The average Bonchev–Trinajstić information content (AvgIpc) is 2.65. The van der Waals surface area contributed by atoms with Crippen molar-refractivity contribution in [2.75, 3.05) is 6.54 Å². The fourth-order valence-corrected chi connectivity index (χ4v) is 3.04. The number of carbonyl (C=O) groups is 1. The largest absolute Gasteiger partial charge is 0.330 e. The van der Waals surface area contributed by atoms with E-state index in [1.54, 1.807) is 0 Å². The third-order valence-electron chi connectivity index (χ3n) is 4.26. The van der Waals surface area contributed by atoms with Gasteiger partial charge in [-0.15, -0.1) is 0 Å². The molecule has 2 aromatic carbocycles. The Morgan fingerprint density at radius 2 is 1.76 bits per heavy atom. The van der Waals surface area contributed by atoms with E-state index < -0.39 is 0 Å². The van der Waals surface area contributed by atoms with E-state index in [1.807, 2.05) is 54.6 Å². The number of nitrogens with zero attached hydrogens (tertiary/aromatic N) is 1. The van der Waals surface area contributed by atoms with E-state index in [0.29, 0.717) is 18.0 Å². The van der Waals surface area contributed by atoms with Gasteiger partial charge >= 0.3 is 0 Å². The fraction of sp³-hybridized carbons (Fsp3) is 0.238. The molecule has 0 saturated heterocycles. The molecule has 2 N–H and O–H groups in total. The van der Waals surface area contributed by atoms with Gasteiger partial charge in [0.1, 0.15) is 0 Å². The molecule has 3 rings (SSSR count). The number of para-hydroxylation sites is 1. The Bertz CT molecular complexity index is 875. The molecule has 0 spiro atoms. The van der Waals surface area contributed by atoms with Gasteiger partial charge in [0, 0.05) is 28.0 Å². The zero-order valence-corrected chi connectivity index (χ0v) is 14.8. The topological polar surface area (TPSA) is 56.0 Å². The van der Waals surface area contributed by atoms with Crippen molar-refractivity contribution in [1.29, 1.82) is 0 Å². The number of halogens is 1. The number of carbonyl (C=O) groups excluding carboxylic acids is 1. The molecule has 0 fully saturated rings. The lowest BCUT2D eigenvalue weighted by Gasteiger charge is -2.09. The van der Waals surface area contributed by atoms with Gasteiger partial charge in [-0.25, -0.2) is 4.98 Å². The van der Waals surface area contributed by atoms with Crippen LogP contribution in [-0.2, 0) is 0 Å². The molecule has 0 atom stereocenters. The summed E-state index contributed by atoms with van der Waals surface area (Å²) in [5, 5.41) is 1.59. The molecule has 128 valence electrons. The zero-order valence-electron chi connectivity index (χ0n) is 14.0. The van der Waals surface area contributed by atoms with Crippen molar-refractivity contribution in [1.82, 2.24) is 4.98 Å². The second kappa shape index (κ2) is 8.24. The van der Waals surface area contributed by atoms with Crippen molar-refractivity contribution < 1.29 is 4.79 Å². The fourth-order valence-electron chi connectivity index (χ4n) is 2.92. The first-order valence-electron chi connectivity index (χ1n) is 8.58. The third kappa shape index (κ3) is 4.25. The van der Waals surface area contributed by atoms with Crippen molar-refractivity contribution in [3.63, 3.8) is 0 Å². The zero-order chi connectivity index (χ0) is 17.6. The van der Waals surface area contributed by atoms with Gasteiger partial charge in [-0.05, 0) is 43.7 Å². The van der Waals surface area contributed by atoms with Crippen molar-refractivity contribution in [2.24, 2.45) is 5.73 Å². The van der Waals surface area contributed by atoms with Crippen LogP contribution in [0.25, 0.3) is 22.2 Å². The van der Waals surface area contributed by atoms with Crippen LogP contribution >= 0.6 is 11.6 Å². The van der Waals surface area contributed by atoms with Crippen LogP contribution in [0.5, 0.6) is 0 Å². The number of ketones is 1. The quantitative estimate of drug-likeness (QED) is 0.466. The van der Waals surface area contributed by atoms with Gasteiger partial charge in [0.25, 0.3) is 0 Å². The van der Waals surface area contributed by atoms with Crippen LogP contribution in [0.4, 0.5) is 0 Å². The standard InChI is InChI=1S/C21H21ClN2O/c22-16-11-9-15(10-12-16)20-14-18(21(25)8-2-1-5-13-23)17-6-3-4-7-19(17)24-20/h3-4,6-7,9-12,14H,1-2,5,8,13,23H2. The number of Topliss-reactive ketones (excluding diaryl/α,β-unsaturated/α-hetero) is 1. The Balaban J connectivity index is 1.98. The van der Waals surface area contributed by atoms with Crippen molar-refractivity contribution in [2.45, 2.75) is 25.7 Å². The molecule has 0 unspecified atom stereocenters. The van der Waals surface area contributed by atoms with Crippen molar-refractivity contribution in [3.05, 3.63) is 65.2 Å². The van der Waals surface area contributed by atoms with E-state index in [9.17, 15) is 4.79 Å². The van der Waals surface area contributed by atoms with Crippen LogP contribution in [-0.4, -0.2) is 17.3 Å². The molecule has 0 saturated carbocycles. The van der Waals surface area contributed by atoms with Gasteiger partial charge in [0.15, 0.2) is 5.78 Å². The smallest absolute Gasteiger partial charge is 0.163 e. The highest BCUT2D eigenvalue weighted by Crippen LogP contribution is 2.27. The molecule has 1 aromatic heterocycles. The first-order valence-corrected chi connectivity index (χ1v) is 8.96. The van der Waals surface area contributed by atoms with Crippen LogP contribution in [0.15, 0.2) is 54.6 Å². The third-order valence-corrected chi connectivity index (χ3v) is 4.52. The summed E-state index contributed by atoms with van der Waals surface area (Å²) < 4.78 is 0. The van der Waals surface area contributed by atoms with E-state index in [0.717, 1.165) is 47.0 Å². The van der Waals surface area contributed by atoms with Gasteiger partial charge in [0.2, 0.25) is 0 Å². The first-order chi connectivity index (χ1) is 12.2. The number of hydrogen-bond acceptors (Lipinski definition) is 3. The highest BCUT2D eigenvalue weighted by molar-refractivity contribution is 6.30. The lowest BCUT2D eigenvalue weighted by Crippen LogP contribution is -2.03. The Morgan fingerprint density at radius 1 is 1.00 bits per heavy atom. The number of hydrogen-bond donors (Lipinski definition) is 1. The SMILES string of the molecule is NCCCCCC(=O)c1cc(-c2ccc(Cl)cc2)nc2ccccc12. The number of unbranched alkanes of at least 4 members (excludes halogenated alkanes) is 2. The molecule has 25 heavy (non-hydrogen) atoms. The summed E-state index contributed by atoms with van der Waals surface area (Å²) >= 11 is 5.98. The number of aromatic nitrogens is 1. The molecule has 3 aromatic rings. The number of nitrogens with two attached hydrogens (primary N) is 1. The number of fused-ring (bicyclic) bond motifs is 1. The molecule has 0 amide bonds. The average molecular weight is 353 g/mol. The molecule has 3 nitrogen and oxygen atoms in total. The molecule has 1 heterocycles. The van der Waals surface area contributed by atoms with Gasteiger partial charge in [-0.2, -0.15) is 0 Å². The first kappa shape index (κ1) is 17.6. The predicted octanol–water partition coefficient (Wildman–Crippen LogP) is 5.26. The van der Waals surface area contributed by atoms with Gasteiger partial charge in [-0.3, -0.25) is 4.79 Å². The maximum Gasteiger partial charge on any atom is 0.163 e. The van der Waals surface area contributed by atoms with Gasteiger partial charge in [-0.1, -0.05) is 48.4 Å². The maximum absolute atomic E-state index is 12.8. The highest BCUT2D eigenvalue weighted by Gasteiger charge is 2.13. The summed E-state index contributed by atoms with van der Waals surface area (Å²) in [7, 11) is 0. The minimum atomic E-state index is 0.158. The maximum atomic E-state index is 12.8. The Hall–Kier alpha value is -2.23. The summed E-state index contributed by atoms with van der Waals surface area (Å²) in [5.74, 6) is 0.158. The molecular weight excluding hydrogens is 332 g/mol. The van der Waals surface area contributed by atoms with Crippen molar-refractivity contribution in [3.8, 4) is 11.3 Å². The molecule has 0 aliphatic rings. The van der Waals surface area contributed by atoms with Crippen LogP contribution in [0.3, 0.4) is 0 Å². The van der Waals surface area contributed by atoms with Gasteiger partial charge < -0.3 is 5.73 Å². The summed E-state index contributed by atoms with van der Waals surface area (Å²) in [4.78, 5) is 17.5. The second-order valence-electron chi connectivity index (χ2n) is 6.10. The second-order valence-corrected chi connectivity index (χ2v) is 6.54. The number of rotatable bonds is 7. The van der Waals surface area contributed by atoms with Crippen LogP contribution < -0.4 is 5.73 Å². The summed E-state index contributed by atoms with van der Waals surface area (Å²) in [6.07, 6.45) is 3.34. The van der Waals surface area contributed by atoms with E-state index in [1.165, 1.54) is 0 Å². The molecule has 0 aliphatic heterocycles. The van der Waals surface area contributed by atoms with Crippen LogP contribution in [0.1, 0.15) is 36.0 Å². The van der Waals surface area contributed by atoms with Gasteiger partial charge in [0.05, 0.1) is 11.2 Å². The summed E-state index contributed by atoms with van der Waals surface area (Å²) in [6.45, 7) is 0.674. The molecule has 0 aliphatic carbocycles. The number of benzene rings is 2. The van der Waals surface area contributed by atoms with Crippen molar-refractivity contribution >= 4 is 28.3 Å². The minimum Gasteiger partial charge on any atom is -0.330 e. The highest BCUT2D eigenvalue weighted by atomic mass is 35.5. The molecule has 4 heteroatoms. The lowest BCUT2D eigenvalue weighted by molar-refractivity contribution is 0.0981. The predicted molar refractivity (Wildman–Crippen MR) is 104 cm³/mol. The lowest BCUT2D eigenvalue weighted by atomic mass is 9.98. The van der Waals surface area contributed by atoms with Crippen LogP contribution in [0.2, 0.25) is 5.02 Å². The summed E-state index contributed by atoms with van der Waals surface area (Å²) in [6, 6.07) is 17.2. The summed E-state index contributed by atoms with van der Waals surface area (Å²) in [5.41, 5.74) is 8.84. The number of pyridine rings is 1. The Morgan fingerprint density at radius 3 is 2.52 bits per heavy atom.